The van der Waals surface area contributed by atoms with Gasteiger partial charge >= 0.3 is 0 Å². The van der Waals surface area contributed by atoms with Crippen molar-refractivity contribution in [1.29, 1.82) is 0 Å². The highest BCUT2D eigenvalue weighted by Crippen LogP contribution is 2.30. The minimum Gasteiger partial charge on any atom is -0.456 e. The van der Waals surface area contributed by atoms with Gasteiger partial charge in [-0.15, -0.1) is 0 Å². The van der Waals surface area contributed by atoms with E-state index in [4.69, 9.17) is 10.2 Å². The van der Waals surface area contributed by atoms with Crippen LogP contribution >= 0.6 is 0 Å². The van der Waals surface area contributed by atoms with Gasteiger partial charge in [0.15, 0.2) is 5.78 Å². The molecule has 2 N–H and O–H groups in total. The molecule has 1 saturated heterocycles. The van der Waals surface area contributed by atoms with Gasteiger partial charge in [-0.25, -0.2) is 0 Å². The first-order chi connectivity index (χ1) is 16.5. The third kappa shape index (κ3) is 4.34. The van der Waals surface area contributed by atoms with Crippen molar-refractivity contribution in [3.8, 4) is 11.3 Å². The summed E-state index contributed by atoms with van der Waals surface area (Å²) in [4.78, 5) is 28.2. The molecule has 1 aliphatic rings. The van der Waals surface area contributed by atoms with Crippen molar-refractivity contribution in [2.24, 2.45) is 0 Å². The van der Waals surface area contributed by atoms with Gasteiger partial charge < -0.3 is 15.1 Å². The number of benzene rings is 3. The minimum absolute atomic E-state index is 0.0282. The van der Waals surface area contributed by atoms with Crippen molar-refractivity contribution in [2.75, 3.05) is 12.3 Å². The van der Waals surface area contributed by atoms with Gasteiger partial charge in [-0.05, 0) is 73.4 Å². The predicted octanol–water partition coefficient (Wildman–Crippen LogP) is 5.59. The molecule has 3 aromatic carbocycles. The number of carbonyl (C=O) groups is 2. The van der Waals surface area contributed by atoms with Crippen LogP contribution in [0.25, 0.3) is 22.3 Å². The quantitative estimate of drug-likeness (QED) is 0.387. The summed E-state index contributed by atoms with van der Waals surface area (Å²) < 4.78 is 5.99. The average Bonchev–Trinajstić information content (AvgIpc) is 3.51. The highest BCUT2D eigenvalue weighted by molar-refractivity contribution is 5.93. The number of anilines is 1. The fourth-order valence-corrected chi connectivity index (χ4v) is 4.81. The summed E-state index contributed by atoms with van der Waals surface area (Å²) in [5, 5.41) is 0.953. The predicted molar refractivity (Wildman–Crippen MR) is 134 cm³/mol. The molecule has 1 amide bonds. The molecule has 0 spiro atoms. The summed E-state index contributed by atoms with van der Waals surface area (Å²) in [6.07, 6.45) is 1.88. The number of hydrogen-bond acceptors (Lipinski definition) is 4. The molecule has 1 aliphatic heterocycles. The fourth-order valence-electron chi connectivity index (χ4n) is 4.81. The van der Waals surface area contributed by atoms with Crippen molar-refractivity contribution in [2.45, 2.75) is 38.1 Å². The number of hydrogen-bond donors (Lipinski definition) is 1. The lowest BCUT2D eigenvalue weighted by molar-refractivity contribution is -0.138. The lowest BCUT2D eigenvalue weighted by Gasteiger charge is -2.27. The molecule has 5 rings (SSSR count). The Bertz CT molecular complexity index is 1320. The van der Waals surface area contributed by atoms with Gasteiger partial charge in [0, 0.05) is 29.6 Å². The van der Waals surface area contributed by atoms with Gasteiger partial charge in [-0.2, -0.15) is 0 Å². The van der Waals surface area contributed by atoms with Crippen molar-refractivity contribution < 1.29 is 14.0 Å². The first-order valence-electron chi connectivity index (χ1n) is 11.8. The summed E-state index contributed by atoms with van der Waals surface area (Å²) in [7, 11) is 0. The van der Waals surface area contributed by atoms with Crippen LogP contribution in [0.2, 0.25) is 0 Å². The van der Waals surface area contributed by atoms with Crippen LogP contribution in [0.3, 0.4) is 0 Å². The van der Waals surface area contributed by atoms with E-state index in [0.29, 0.717) is 18.7 Å². The number of Topliss-reactive ketones (excluding diaryl/α,β-unsaturated/α-hetero) is 1. The molecule has 0 bridgehead atoms. The highest BCUT2D eigenvalue weighted by atomic mass is 16.3. The van der Waals surface area contributed by atoms with Crippen LogP contribution in [-0.4, -0.2) is 29.2 Å². The standard InChI is InChI=1S/C29H28N2O3/c1-19(21-6-3-2-4-7-21)29(33)31-15-5-8-25(31)26(32)17-20-9-14-27-23(16-20)18-28(34-27)22-10-12-24(30)13-11-22/h2-4,6-7,9-14,16,18-19,25H,5,8,15,17,30H2,1H3/t19-,25?/m1/s1. The number of likely N-dealkylation sites (tertiary alicyclic amines) is 1. The van der Waals surface area contributed by atoms with E-state index in [2.05, 4.69) is 0 Å². The molecule has 172 valence electrons. The Kier molecular flexibility index (Phi) is 5.93. The first kappa shape index (κ1) is 22.0. The van der Waals surface area contributed by atoms with Crippen molar-refractivity contribution in [1.82, 2.24) is 4.90 Å². The van der Waals surface area contributed by atoms with E-state index in [1.807, 2.05) is 85.8 Å². The number of carbonyl (C=O) groups excluding carboxylic acids is 2. The molecule has 4 aromatic rings. The summed E-state index contributed by atoms with van der Waals surface area (Å²) in [5.41, 5.74) is 10.1. The van der Waals surface area contributed by atoms with Gasteiger partial charge in [0.25, 0.3) is 0 Å². The zero-order valence-corrected chi connectivity index (χ0v) is 19.2. The van der Waals surface area contributed by atoms with Gasteiger partial charge in [-0.3, -0.25) is 9.59 Å². The van der Waals surface area contributed by atoms with Crippen LogP contribution in [0.4, 0.5) is 5.69 Å². The first-order valence-corrected chi connectivity index (χ1v) is 11.8. The van der Waals surface area contributed by atoms with E-state index in [-0.39, 0.29) is 23.7 Å². The van der Waals surface area contributed by atoms with Gasteiger partial charge in [0.05, 0.1) is 12.0 Å². The number of furan rings is 1. The van der Waals surface area contributed by atoms with Crippen molar-refractivity contribution >= 4 is 28.3 Å². The monoisotopic (exact) mass is 452 g/mol. The van der Waals surface area contributed by atoms with Crippen LogP contribution < -0.4 is 5.73 Å². The van der Waals surface area contributed by atoms with Crippen LogP contribution in [0.5, 0.6) is 0 Å². The molecule has 0 radical (unpaired) electrons. The maximum absolute atomic E-state index is 13.3. The Hall–Kier alpha value is -3.86. The molecule has 0 saturated carbocycles. The number of rotatable bonds is 6. The van der Waals surface area contributed by atoms with Crippen molar-refractivity contribution in [3.05, 3.63) is 90.0 Å². The topological polar surface area (TPSA) is 76.5 Å². The van der Waals surface area contributed by atoms with Crippen LogP contribution in [0.15, 0.2) is 83.3 Å². The summed E-state index contributed by atoms with van der Waals surface area (Å²) in [6.45, 7) is 2.56. The molecule has 5 heteroatoms. The number of amides is 1. The smallest absolute Gasteiger partial charge is 0.230 e. The van der Waals surface area contributed by atoms with Crippen LogP contribution in [0.1, 0.15) is 36.8 Å². The Labute approximate surface area is 199 Å². The molecular formula is C29H28N2O3. The number of nitrogens with zero attached hydrogens (tertiary/aromatic N) is 1. The molecule has 0 aliphatic carbocycles. The van der Waals surface area contributed by atoms with Gasteiger partial charge in [-0.1, -0.05) is 36.4 Å². The maximum Gasteiger partial charge on any atom is 0.230 e. The molecular weight excluding hydrogens is 424 g/mol. The van der Waals surface area contributed by atoms with E-state index in [9.17, 15) is 9.59 Å². The van der Waals surface area contributed by atoms with E-state index in [1.54, 1.807) is 4.90 Å². The Morgan fingerprint density at radius 2 is 1.79 bits per heavy atom. The lowest BCUT2D eigenvalue weighted by Crippen LogP contribution is -2.43. The maximum atomic E-state index is 13.3. The number of fused-ring (bicyclic) bond motifs is 1. The van der Waals surface area contributed by atoms with E-state index in [1.165, 1.54) is 0 Å². The zero-order chi connectivity index (χ0) is 23.7. The average molecular weight is 453 g/mol. The zero-order valence-electron chi connectivity index (χ0n) is 19.2. The minimum atomic E-state index is -0.357. The van der Waals surface area contributed by atoms with Crippen LogP contribution in [0, 0.1) is 0 Å². The van der Waals surface area contributed by atoms with E-state index >= 15 is 0 Å². The molecule has 34 heavy (non-hydrogen) atoms. The molecule has 1 aromatic heterocycles. The normalized spacial score (nSPS) is 16.6. The Morgan fingerprint density at radius 1 is 1.03 bits per heavy atom. The Morgan fingerprint density at radius 3 is 2.56 bits per heavy atom. The summed E-state index contributed by atoms with van der Waals surface area (Å²) in [5.74, 6) is 0.623. The van der Waals surface area contributed by atoms with E-state index in [0.717, 1.165) is 46.3 Å². The second-order valence-electron chi connectivity index (χ2n) is 9.07. The Balaban J connectivity index is 1.31. The third-order valence-corrected chi connectivity index (χ3v) is 6.73. The number of ketones is 1. The lowest BCUT2D eigenvalue weighted by atomic mass is 9.97. The van der Waals surface area contributed by atoms with Gasteiger partial charge in [0.2, 0.25) is 5.91 Å². The number of nitrogen functional groups attached to an aromatic ring is 1. The highest BCUT2D eigenvalue weighted by Gasteiger charge is 2.35. The fraction of sp³-hybridized carbons (Fsp3) is 0.241. The molecule has 2 heterocycles. The molecule has 2 atom stereocenters. The second kappa shape index (κ2) is 9.18. The molecule has 1 fully saturated rings. The van der Waals surface area contributed by atoms with Crippen LogP contribution in [-0.2, 0) is 16.0 Å². The number of nitrogens with two attached hydrogens (primary N) is 1. The SMILES string of the molecule is C[C@@H](C(=O)N1CCCC1C(=O)Cc1ccc2oc(-c3ccc(N)cc3)cc2c1)c1ccccc1. The molecule has 1 unspecified atom stereocenters. The van der Waals surface area contributed by atoms with E-state index < -0.39 is 0 Å². The largest absolute Gasteiger partial charge is 0.456 e. The summed E-state index contributed by atoms with van der Waals surface area (Å²) in [6, 6.07) is 24.8. The summed E-state index contributed by atoms with van der Waals surface area (Å²) >= 11 is 0. The third-order valence-electron chi connectivity index (χ3n) is 6.73. The molecule has 5 nitrogen and oxygen atoms in total. The second-order valence-corrected chi connectivity index (χ2v) is 9.07. The van der Waals surface area contributed by atoms with Crippen molar-refractivity contribution in [3.63, 3.8) is 0 Å². The van der Waals surface area contributed by atoms with Gasteiger partial charge in [0.1, 0.15) is 11.3 Å².